The minimum Gasteiger partial charge on any atom is -0.388 e. The van der Waals surface area contributed by atoms with Gasteiger partial charge in [0.1, 0.15) is 11.3 Å². The van der Waals surface area contributed by atoms with E-state index in [1.54, 1.807) is 0 Å². The lowest BCUT2D eigenvalue weighted by molar-refractivity contribution is -0.0449. The fourth-order valence-corrected chi connectivity index (χ4v) is 3.20. The van der Waals surface area contributed by atoms with E-state index in [4.69, 9.17) is 4.84 Å². The highest BCUT2D eigenvalue weighted by Gasteiger charge is 2.41. The fraction of sp³-hybridized carbons (Fsp3) is 0.467. The fourth-order valence-electron chi connectivity index (χ4n) is 3.20. The van der Waals surface area contributed by atoms with Crippen LogP contribution in [0.4, 0.5) is 0 Å². The van der Waals surface area contributed by atoms with Crippen molar-refractivity contribution in [3.05, 3.63) is 30.1 Å². The van der Waals surface area contributed by atoms with Gasteiger partial charge in [-0.2, -0.15) is 0 Å². The molecule has 98 valence electrons. The number of aromatic amines is 1. The number of H-pyrrole nitrogens is 1. The van der Waals surface area contributed by atoms with Crippen LogP contribution in [0.1, 0.15) is 44.3 Å². The first-order chi connectivity index (χ1) is 9.35. The molecule has 0 unspecified atom stereocenters. The van der Waals surface area contributed by atoms with Crippen LogP contribution in [0.25, 0.3) is 11.0 Å². The Balaban J connectivity index is 1.63. The molecule has 2 aromatic rings. The van der Waals surface area contributed by atoms with Crippen LogP contribution in [0, 0.1) is 0 Å². The molecule has 1 aromatic heterocycles. The van der Waals surface area contributed by atoms with Crippen molar-refractivity contribution in [2.75, 3.05) is 0 Å². The van der Waals surface area contributed by atoms with Gasteiger partial charge in [-0.25, -0.2) is 4.98 Å². The molecule has 0 amide bonds. The number of hydrogen-bond donors (Lipinski definition) is 1. The number of nitrogens with one attached hydrogen (secondary N) is 1. The zero-order chi connectivity index (χ0) is 12.7. The molecule has 1 aliphatic carbocycles. The van der Waals surface area contributed by atoms with Gasteiger partial charge >= 0.3 is 0 Å². The zero-order valence-corrected chi connectivity index (χ0v) is 10.9. The minimum absolute atomic E-state index is 0.0352. The van der Waals surface area contributed by atoms with E-state index < -0.39 is 0 Å². The van der Waals surface area contributed by atoms with Crippen LogP contribution in [0.2, 0.25) is 0 Å². The van der Waals surface area contributed by atoms with Gasteiger partial charge in [0.2, 0.25) is 0 Å². The smallest absolute Gasteiger partial charge is 0.156 e. The summed E-state index contributed by atoms with van der Waals surface area (Å²) in [4.78, 5) is 13.7. The lowest BCUT2D eigenvalue weighted by Gasteiger charge is -2.30. The molecule has 1 aliphatic heterocycles. The number of fused-ring (bicyclic) bond motifs is 1. The Morgan fingerprint density at radius 2 is 1.95 bits per heavy atom. The Labute approximate surface area is 111 Å². The van der Waals surface area contributed by atoms with Gasteiger partial charge in [-0.15, -0.1) is 0 Å². The third-order valence-corrected chi connectivity index (χ3v) is 4.27. The number of hydrogen-bond acceptors (Lipinski definition) is 3. The van der Waals surface area contributed by atoms with Gasteiger partial charge in [0, 0.05) is 6.42 Å². The molecule has 0 bridgehead atoms. The largest absolute Gasteiger partial charge is 0.388 e. The second kappa shape index (κ2) is 4.08. The molecular formula is C15H17N3O. The number of nitrogens with zero attached hydrogens (tertiary/aromatic N) is 2. The summed E-state index contributed by atoms with van der Waals surface area (Å²) < 4.78 is 0. The molecule has 19 heavy (non-hydrogen) atoms. The molecular weight excluding hydrogens is 238 g/mol. The van der Waals surface area contributed by atoms with E-state index in [9.17, 15) is 0 Å². The van der Waals surface area contributed by atoms with Gasteiger partial charge in [0.15, 0.2) is 5.82 Å². The maximum atomic E-state index is 5.77. The van der Waals surface area contributed by atoms with E-state index in [-0.39, 0.29) is 5.60 Å². The highest BCUT2D eigenvalue weighted by atomic mass is 16.7. The van der Waals surface area contributed by atoms with E-state index in [2.05, 4.69) is 15.1 Å². The summed E-state index contributed by atoms with van der Waals surface area (Å²) in [5.74, 6) is 0.864. The normalized spacial score (nSPS) is 21.6. The summed E-state index contributed by atoms with van der Waals surface area (Å²) in [7, 11) is 0. The summed E-state index contributed by atoms with van der Waals surface area (Å²) >= 11 is 0. The van der Waals surface area contributed by atoms with Crippen LogP contribution in [0.3, 0.4) is 0 Å². The number of benzene rings is 1. The zero-order valence-electron chi connectivity index (χ0n) is 10.9. The average Bonchev–Trinajstić information content (AvgIpc) is 3.04. The van der Waals surface area contributed by atoms with Crippen molar-refractivity contribution in [1.82, 2.24) is 9.97 Å². The van der Waals surface area contributed by atoms with E-state index in [0.717, 1.165) is 41.8 Å². The second-order valence-corrected chi connectivity index (χ2v) is 5.65. The summed E-state index contributed by atoms with van der Waals surface area (Å²) in [6.07, 6.45) is 6.98. The molecule has 4 nitrogen and oxygen atoms in total. The maximum absolute atomic E-state index is 5.77. The highest BCUT2D eigenvalue weighted by molar-refractivity contribution is 6.00. The summed E-state index contributed by atoms with van der Waals surface area (Å²) in [5, 5.41) is 4.30. The van der Waals surface area contributed by atoms with Crippen molar-refractivity contribution >= 4 is 16.7 Å². The second-order valence-electron chi connectivity index (χ2n) is 5.65. The lowest BCUT2D eigenvalue weighted by Crippen LogP contribution is -2.31. The van der Waals surface area contributed by atoms with E-state index >= 15 is 0 Å². The third kappa shape index (κ3) is 1.82. The molecule has 2 heterocycles. The SMILES string of the molecule is c1ccc2[nH]c(C3=NOC4(CCCCC4)C3)nc2c1. The molecule has 2 aliphatic rings. The summed E-state index contributed by atoms with van der Waals surface area (Å²) in [5.41, 5.74) is 2.99. The first-order valence-corrected chi connectivity index (χ1v) is 7.05. The van der Waals surface area contributed by atoms with Crippen LogP contribution >= 0.6 is 0 Å². The van der Waals surface area contributed by atoms with E-state index in [1.165, 1.54) is 19.3 Å². The number of para-hydroxylation sites is 2. The van der Waals surface area contributed by atoms with Gasteiger partial charge in [-0.3, -0.25) is 0 Å². The van der Waals surface area contributed by atoms with Crippen molar-refractivity contribution in [1.29, 1.82) is 0 Å². The number of imidazole rings is 1. The van der Waals surface area contributed by atoms with Crippen LogP contribution in [0.5, 0.6) is 0 Å². The predicted molar refractivity (Wildman–Crippen MR) is 74.1 cm³/mol. The van der Waals surface area contributed by atoms with Crippen molar-refractivity contribution in [2.45, 2.75) is 44.1 Å². The molecule has 4 heteroatoms. The Morgan fingerprint density at radius 1 is 1.11 bits per heavy atom. The Kier molecular flexibility index (Phi) is 2.37. The average molecular weight is 255 g/mol. The van der Waals surface area contributed by atoms with Crippen LogP contribution in [-0.2, 0) is 4.84 Å². The summed E-state index contributed by atoms with van der Waals surface area (Å²) in [6, 6.07) is 8.07. The molecule has 1 aromatic carbocycles. The number of oxime groups is 1. The van der Waals surface area contributed by atoms with Crippen molar-refractivity contribution < 1.29 is 4.84 Å². The highest BCUT2D eigenvalue weighted by Crippen LogP contribution is 2.39. The van der Waals surface area contributed by atoms with Crippen LogP contribution in [0.15, 0.2) is 29.4 Å². The van der Waals surface area contributed by atoms with Crippen LogP contribution < -0.4 is 0 Å². The quantitative estimate of drug-likeness (QED) is 0.849. The van der Waals surface area contributed by atoms with Gasteiger partial charge in [0.05, 0.1) is 11.0 Å². The van der Waals surface area contributed by atoms with Crippen molar-refractivity contribution in [3.8, 4) is 0 Å². The lowest BCUT2D eigenvalue weighted by atomic mass is 9.81. The maximum Gasteiger partial charge on any atom is 0.156 e. The van der Waals surface area contributed by atoms with Gasteiger partial charge in [-0.1, -0.05) is 23.7 Å². The topological polar surface area (TPSA) is 50.3 Å². The molecule has 0 saturated heterocycles. The van der Waals surface area contributed by atoms with Gasteiger partial charge < -0.3 is 9.82 Å². The van der Waals surface area contributed by atoms with Gasteiger partial charge in [-0.05, 0) is 37.8 Å². The van der Waals surface area contributed by atoms with Crippen molar-refractivity contribution in [3.63, 3.8) is 0 Å². The minimum atomic E-state index is -0.0352. The molecule has 0 radical (unpaired) electrons. The third-order valence-electron chi connectivity index (χ3n) is 4.27. The molecule has 4 rings (SSSR count). The Morgan fingerprint density at radius 3 is 2.79 bits per heavy atom. The monoisotopic (exact) mass is 255 g/mol. The van der Waals surface area contributed by atoms with Gasteiger partial charge in [0.25, 0.3) is 0 Å². The summed E-state index contributed by atoms with van der Waals surface area (Å²) in [6.45, 7) is 0. The Hall–Kier alpha value is -1.84. The molecule has 1 spiro atoms. The first-order valence-electron chi connectivity index (χ1n) is 7.05. The number of aromatic nitrogens is 2. The van der Waals surface area contributed by atoms with Crippen molar-refractivity contribution in [2.24, 2.45) is 5.16 Å². The first kappa shape index (κ1) is 11.0. The molecule has 1 N–H and O–H groups in total. The van der Waals surface area contributed by atoms with E-state index in [1.807, 2.05) is 24.3 Å². The number of rotatable bonds is 1. The predicted octanol–water partition coefficient (Wildman–Crippen LogP) is 3.39. The van der Waals surface area contributed by atoms with Crippen LogP contribution in [-0.4, -0.2) is 21.3 Å². The van der Waals surface area contributed by atoms with E-state index in [0.29, 0.717) is 0 Å². The Bertz CT molecular complexity index is 605. The molecule has 0 atom stereocenters. The molecule has 1 fully saturated rings. The molecule has 1 saturated carbocycles. The standard InChI is InChI=1S/C15H17N3O/c1-4-8-15(9-5-1)10-13(18-19-15)14-16-11-6-2-3-7-12(11)17-14/h2-3,6-7H,1,4-5,8-10H2,(H,16,17).